The lowest BCUT2D eigenvalue weighted by atomic mass is 9.45. The molecule has 5 rings (SSSR count). The van der Waals surface area contributed by atoms with Crippen LogP contribution in [0.3, 0.4) is 0 Å². The molecule has 0 aliphatic heterocycles. The standard InChI is InChI=1S/C17H23FN6/c1-21-13(4-10-2-3-10)11(5-19)14-12(18)6-22-15(23-14)24-17-7-16(20,8-17)9-17/h5-6,10,19,21H,2-4,7-9,20H2,1H3,(H,22,23,24)/b13-11+,19-5?. The minimum atomic E-state index is -0.504. The molecule has 0 saturated heterocycles. The van der Waals surface area contributed by atoms with Crippen molar-refractivity contribution in [2.24, 2.45) is 11.7 Å². The van der Waals surface area contributed by atoms with Gasteiger partial charge < -0.3 is 21.8 Å². The summed E-state index contributed by atoms with van der Waals surface area (Å²) in [5.74, 6) is 0.538. The highest BCUT2D eigenvalue weighted by molar-refractivity contribution is 6.08. The third-order valence-corrected chi connectivity index (χ3v) is 5.41. The summed E-state index contributed by atoms with van der Waals surface area (Å²) < 4.78 is 14.3. The number of allylic oxidation sites excluding steroid dienone is 2. The van der Waals surface area contributed by atoms with Gasteiger partial charge in [-0.05, 0) is 44.4 Å². The van der Waals surface area contributed by atoms with E-state index >= 15 is 0 Å². The van der Waals surface area contributed by atoms with Crippen molar-refractivity contribution in [2.75, 3.05) is 12.4 Å². The second kappa shape index (κ2) is 5.24. The van der Waals surface area contributed by atoms with Crippen molar-refractivity contribution >= 4 is 17.7 Å². The summed E-state index contributed by atoms with van der Waals surface area (Å²) in [5.41, 5.74) is 7.59. The van der Waals surface area contributed by atoms with E-state index in [9.17, 15) is 4.39 Å². The number of nitrogens with two attached hydrogens (primary N) is 1. The molecule has 0 amide bonds. The summed E-state index contributed by atoms with van der Waals surface area (Å²) >= 11 is 0. The van der Waals surface area contributed by atoms with Gasteiger partial charge in [0.05, 0.1) is 6.20 Å². The molecule has 7 heteroatoms. The van der Waals surface area contributed by atoms with Gasteiger partial charge in [-0.2, -0.15) is 0 Å². The lowest BCUT2D eigenvalue weighted by Gasteiger charge is -2.68. The van der Waals surface area contributed by atoms with Gasteiger partial charge >= 0.3 is 0 Å². The molecule has 1 aromatic rings. The zero-order chi connectivity index (χ0) is 16.9. The molecule has 4 saturated carbocycles. The van der Waals surface area contributed by atoms with Gasteiger partial charge in [-0.25, -0.2) is 14.4 Å². The predicted octanol–water partition coefficient (Wildman–Crippen LogP) is 2.04. The maximum absolute atomic E-state index is 14.3. The van der Waals surface area contributed by atoms with Crippen molar-refractivity contribution in [3.8, 4) is 0 Å². The van der Waals surface area contributed by atoms with E-state index in [2.05, 4.69) is 20.6 Å². The van der Waals surface area contributed by atoms with E-state index in [1.54, 1.807) is 0 Å². The van der Waals surface area contributed by atoms with Crippen molar-refractivity contribution in [1.29, 1.82) is 5.41 Å². The van der Waals surface area contributed by atoms with Crippen LogP contribution in [0.15, 0.2) is 11.9 Å². The fraction of sp³-hybridized carbons (Fsp3) is 0.588. The highest BCUT2D eigenvalue weighted by atomic mass is 19.1. The van der Waals surface area contributed by atoms with Crippen molar-refractivity contribution in [3.63, 3.8) is 0 Å². The third kappa shape index (κ3) is 2.56. The van der Waals surface area contributed by atoms with E-state index in [-0.39, 0.29) is 16.8 Å². The SMILES string of the molecule is CN/C(CC1CC1)=C(\C=N)c1nc(NC23CC(N)(C2)C3)ncc1F. The van der Waals surface area contributed by atoms with Crippen molar-refractivity contribution in [1.82, 2.24) is 15.3 Å². The minimum absolute atomic E-state index is 0.0144. The van der Waals surface area contributed by atoms with Gasteiger partial charge in [-0.1, -0.05) is 0 Å². The summed E-state index contributed by atoms with van der Waals surface area (Å²) in [4.78, 5) is 8.44. The normalized spacial score (nSPS) is 31.5. The Bertz CT molecular complexity index is 704. The van der Waals surface area contributed by atoms with Gasteiger partial charge in [-0.15, -0.1) is 0 Å². The molecule has 1 aromatic heterocycles. The third-order valence-electron chi connectivity index (χ3n) is 5.41. The molecule has 128 valence electrons. The van der Waals surface area contributed by atoms with Crippen LogP contribution in [-0.2, 0) is 0 Å². The van der Waals surface area contributed by atoms with Gasteiger partial charge in [0, 0.05) is 35.6 Å². The fourth-order valence-corrected chi connectivity index (χ4v) is 4.11. The summed E-state index contributed by atoms with van der Waals surface area (Å²) in [5, 5.41) is 14.2. The molecule has 4 aliphatic carbocycles. The first-order valence-corrected chi connectivity index (χ1v) is 8.47. The van der Waals surface area contributed by atoms with Gasteiger partial charge in [-0.3, -0.25) is 0 Å². The molecule has 1 heterocycles. The van der Waals surface area contributed by atoms with Crippen molar-refractivity contribution in [3.05, 3.63) is 23.4 Å². The second-order valence-electron chi connectivity index (χ2n) is 7.62. The van der Waals surface area contributed by atoms with Gasteiger partial charge in [0.2, 0.25) is 5.95 Å². The average molecular weight is 330 g/mol. The molecule has 0 unspecified atom stereocenters. The van der Waals surface area contributed by atoms with E-state index in [0.717, 1.165) is 31.4 Å². The Morgan fingerprint density at radius 3 is 2.71 bits per heavy atom. The molecule has 6 nitrogen and oxygen atoms in total. The van der Waals surface area contributed by atoms with Crippen LogP contribution in [0.2, 0.25) is 0 Å². The number of aromatic nitrogens is 2. The topological polar surface area (TPSA) is 99.7 Å². The average Bonchev–Trinajstić information content (AvgIpc) is 3.31. The largest absolute Gasteiger partial charge is 0.391 e. The summed E-state index contributed by atoms with van der Waals surface area (Å²) in [7, 11) is 1.81. The number of hydrogen-bond acceptors (Lipinski definition) is 6. The van der Waals surface area contributed by atoms with Crippen LogP contribution in [0, 0.1) is 17.1 Å². The van der Waals surface area contributed by atoms with Crippen LogP contribution in [0.25, 0.3) is 5.57 Å². The summed E-state index contributed by atoms with van der Waals surface area (Å²) in [6.07, 6.45) is 8.30. The van der Waals surface area contributed by atoms with Crippen molar-refractivity contribution < 1.29 is 4.39 Å². The Hall–Kier alpha value is -2.02. The number of rotatable bonds is 7. The summed E-state index contributed by atoms with van der Waals surface area (Å²) in [6, 6.07) is 0. The Morgan fingerprint density at radius 1 is 1.46 bits per heavy atom. The molecule has 2 bridgehead atoms. The van der Waals surface area contributed by atoms with Crippen LogP contribution in [0.5, 0.6) is 0 Å². The smallest absolute Gasteiger partial charge is 0.223 e. The van der Waals surface area contributed by atoms with Crippen LogP contribution in [0.4, 0.5) is 10.3 Å². The molecule has 4 fully saturated rings. The molecule has 5 N–H and O–H groups in total. The maximum atomic E-state index is 14.3. The first-order valence-electron chi connectivity index (χ1n) is 8.47. The molecule has 0 aromatic carbocycles. The molecule has 24 heavy (non-hydrogen) atoms. The lowest BCUT2D eigenvalue weighted by Crippen LogP contribution is -2.79. The number of halogens is 1. The Morgan fingerprint density at radius 2 is 2.17 bits per heavy atom. The Labute approximate surface area is 140 Å². The number of anilines is 1. The molecular weight excluding hydrogens is 307 g/mol. The molecule has 0 spiro atoms. The van der Waals surface area contributed by atoms with Gasteiger partial charge in [0.15, 0.2) is 5.82 Å². The number of hydrogen-bond donors (Lipinski definition) is 4. The highest BCUT2D eigenvalue weighted by Gasteiger charge is 2.66. The summed E-state index contributed by atoms with van der Waals surface area (Å²) in [6.45, 7) is 0. The van der Waals surface area contributed by atoms with E-state index < -0.39 is 5.82 Å². The zero-order valence-electron chi connectivity index (χ0n) is 13.8. The monoisotopic (exact) mass is 330 g/mol. The van der Waals surface area contributed by atoms with E-state index in [1.807, 2.05) is 7.05 Å². The molecule has 0 atom stereocenters. The highest BCUT2D eigenvalue weighted by Crippen LogP contribution is 2.59. The fourth-order valence-electron chi connectivity index (χ4n) is 4.11. The zero-order valence-corrected chi connectivity index (χ0v) is 13.8. The minimum Gasteiger partial charge on any atom is -0.391 e. The van der Waals surface area contributed by atoms with Crippen LogP contribution < -0.4 is 16.4 Å². The second-order valence-corrected chi connectivity index (χ2v) is 7.62. The number of nitrogens with zero attached hydrogens (tertiary/aromatic N) is 2. The quantitative estimate of drug-likeness (QED) is 0.573. The van der Waals surface area contributed by atoms with E-state index in [4.69, 9.17) is 11.1 Å². The van der Waals surface area contributed by atoms with Crippen LogP contribution in [-0.4, -0.2) is 34.3 Å². The maximum Gasteiger partial charge on any atom is 0.223 e. The van der Waals surface area contributed by atoms with E-state index in [1.165, 1.54) is 25.3 Å². The van der Waals surface area contributed by atoms with Crippen LogP contribution in [0.1, 0.15) is 44.2 Å². The molecule has 0 radical (unpaired) electrons. The van der Waals surface area contributed by atoms with Crippen molar-refractivity contribution in [2.45, 2.75) is 49.6 Å². The first-order chi connectivity index (χ1) is 11.5. The van der Waals surface area contributed by atoms with Gasteiger partial charge in [0.1, 0.15) is 5.69 Å². The molecular formula is C17H23FN6. The Kier molecular flexibility index (Phi) is 3.38. The number of nitrogens with one attached hydrogen (secondary N) is 3. The van der Waals surface area contributed by atoms with E-state index in [0.29, 0.717) is 17.4 Å². The predicted molar refractivity (Wildman–Crippen MR) is 91.2 cm³/mol. The first kappa shape index (κ1) is 15.5. The Balaban J connectivity index is 1.61. The molecule has 4 aliphatic rings. The van der Waals surface area contributed by atoms with Crippen LogP contribution >= 0.6 is 0 Å². The lowest BCUT2D eigenvalue weighted by molar-refractivity contribution is -0.0323. The van der Waals surface area contributed by atoms with Gasteiger partial charge in [0.25, 0.3) is 0 Å².